The second-order valence-electron chi connectivity index (χ2n) is 4.89. The number of rotatable bonds is 4. The van der Waals surface area contributed by atoms with E-state index in [0.717, 1.165) is 29.4 Å². The molecule has 17 heavy (non-hydrogen) atoms. The molecule has 0 heterocycles. The summed E-state index contributed by atoms with van der Waals surface area (Å²) in [6.07, 6.45) is 1.79. The van der Waals surface area contributed by atoms with Gasteiger partial charge in [0.1, 0.15) is 0 Å². The molecule has 0 aliphatic heterocycles. The number of hydrogen-bond donors (Lipinski definition) is 2. The van der Waals surface area contributed by atoms with Crippen LogP contribution in [0.4, 0.5) is 5.69 Å². The van der Waals surface area contributed by atoms with Gasteiger partial charge in [-0.3, -0.25) is 0 Å². The van der Waals surface area contributed by atoms with Gasteiger partial charge >= 0.3 is 0 Å². The highest BCUT2D eigenvalue weighted by atomic mass is 79.9. The Bertz CT molecular complexity index is 391. The third-order valence-electron chi connectivity index (χ3n) is 3.36. The van der Waals surface area contributed by atoms with Gasteiger partial charge in [-0.25, -0.2) is 0 Å². The molecule has 1 fully saturated rings. The molecule has 0 spiro atoms. The van der Waals surface area contributed by atoms with E-state index in [-0.39, 0.29) is 6.10 Å². The van der Waals surface area contributed by atoms with Crippen LogP contribution in [0.15, 0.2) is 22.7 Å². The smallest absolute Gasteiger partial charge is 0.0546 e. The molecule has 1 aromatic rings. The normalized spacial score (nSPS) is 23.3. The summed E-state index contributed by atoms with van der Waals surface area (Å²) in [5.74, 6) is 0.621. The molecule has 3 nitrogen and oxygen atoms in total. The van der Waals surface area contributed by atoms with Gasteiger partial charge in [0.05, 0.1) is 6.10 Å². The van der Waals surface area contributed by atoms with Gasteiger partial charge in [-0.1, -0.05) is 15.9 Å². The largest absolute Gasteiger partial charge is 0.393 e. The predicted molar refractivity (Wildman–Crippen MR) is 74.0 cm³/mol. The molecule has 2 rings (SSSR count). The van der Waals surface area contributed by atoms with E-state index >= 15 is 0 Å². The average molecular weight is 299 g/mol. The maximum absolute atomic E-state index is 9.29. The highest BCUT2D eigenvalue weighted by Crippen LogP contribution is 2.30. The number of nitrogens with two attached hydrogens (primary N) is 1. The summed E-state index contributed by atoms with van der Waals surface area (Å²) in [5.41, 5.74) is 7.99. The van der Waals surface area contributed by atoms with E-state index in [1.165, 1.54) is 5.69 Å². The Hall–Kier alpha value is -0.580. The van der Waals surface area contributed by atoms with E-state index in [2.05, 4.69) is 40.0 Å². The van der Waals surface area contributed by atoms with Crippen LogP contribution in [0.5, 0.6) is 0 Å². The summed E-state index contributed by atoms with van der Waals surface area (Å²) in [7, 11) is 2.09. The van der Waals surface area contributed by atoms with E-state index in [9.17, 15) is 5.11 Å². The van der Waals surface area contributed by atoms with Gasteiger partial charge in [-0.15, -0.1) is 0 Å². The van der Waals surface area contributed by atoms with Crippen LogP contribution in [0.2, 0.25) is 0 Å². The Labute approximate surface area is 111 Å². The van der Waals surface area contributed by atoms with Crippen molar-refractivity contribution in [3.05, 3.63) is 28.2 Å². The third-order valence-corrected chi connectivity index (χ3v) is 3.82. The van der Waals surface area contributed by atoms with Gasteiger partial charge in [0.25, 0.3) is 0 Å². The molecule has 0 unspecified atom stereocenters. The van der Waals surface area contributed by atoms with Crippen molar-refractivity contribution in [2.75, 3.05) is 18.5 Å². The molecular formula is C13H19BrN2O. The first-order valence-corrected chi connectivity index (χ1v) is 6.76. The molecule has 4 heteroatoms. The van der Waals surface area contributed by atoms with Crippen molar-refractivity contribution in [2.45, 2.75) is 25.5 Å². The number of anilines is 1. The zero-order valence-electron chi connectivity index (χ0n) is 10.1. The van der Waals surface area contributed by atoms with Crippen molar-refractivity contribution < 1.29 is 5.11 Å². The molecule has 0 atom stereocenters. The summed E-state index contributed by atoms with van der Waals surface area (Å²) >= 11 is 3.51. The molecule has 3 N–H and O–H groups in total. The van der Waals surface area contributed by atoms with Crippen LogP contribution in [-0.2, 0) is 6.54 Å². The first-order chi connectivity index (χ1) is 8.08. The lowest BCUT2D eigenvalue weighted by Crippen LogP contribution is -2.37. The predicted octanol–water partition coefficient (Wildman–Crippen LogP) is 2.11. The highest BCUT2D eigenvalue weighted by Gasteiger charge is 2.28. The van der Waals surface area contributed by atoms with Gasteiger partial charge in [-0.2, -0.15) is 0 Å². The zero-order chi connectivity index (χ0) is 12.4. The summed E-state index contributed by atoms with van der Waals surface area (Å²) in [4.78, 5) is 2.24. The Balaban J connectivity index is 2.02. The number of halogens is 1. The lowest BCUT2D eigenvalue weighted by molar-refractivity contribution is 0.0465. The van der Waals surface area contributed by atoms with Crippen LogP contribution < -0.4 is 10.6 Å². The number of aliphatic hydroxyl groups is 1. The van der Waals surface area contributed by atoms with Crippen LogP contribution in [0.25, 0.3) is 0 Å². The van der Waals surface area contributed by atoms with Gasteiger partial charge in [0.2, 0.25) is 0 Å². The van der Waals surface area contributed by atoms with Crippen LogP contribution in [0.3, 0.4) is 0 Å². The number of hydrogen-bond acceptors (Lipinski definition) is 3. The minimum Gasteiger partial charge on any atom is -0.393 e. The molecule has 1 aliphatic carbocycles. The Morgan fingerprint density at radius 3 is 2.71 bits per heavy atom. The highest BCUT2D eigenvalue weighted by molar-refractivity contribution is 9.10. The van der Waals surface area contributed by atoms with Gasteiger partial charge in [0, 0.05) is 30.3 Å². The molecule has 1 saturated carbocycles. The van der Waals surface area contributed by atoms with E-state index < -0.39 is 0 Å². The van der Waals surface area contributed by atoms with Crippen molar-refractivity contribution in [3.63, 3.8) is 0 Å². The fourth-order valence-corrected chi connectivity index (χ4v) is 2.84. The van der Waals surface area contributed by atoms with Crippen molar-refractivity contribution >= 4 is 21.6 Å². The van der Waals surface area contributed by atoms with Crippen LogP contribution in [0.1, 0.15) is 18.4 Å². The fourth-order valence-electron chi connectivity index (χ4n) is 2.31. The number of aliphatic hydroxyl groups excluding tert-OH is 1. The quantitative estimate of drug-likeness (QED) is 0.895. The Morgan fingerprint density at radius 1 is 1.41 bits per heavy atom. The second-order valence-corrected chi connectivity index (χ2v) is 5.81. The maximum atomic E-state index is 9.29. The summed E-state index contributed by atoms with van der Waals surface area (Å²) in [6, 6.07) is 6.28. The summed E-state index contributed by atoms with van der Waals surface area (Å²) in [6.45, 7) is 1.56. The van der Waals surface area contributed by atoms with Crippen molar-refractivity contribution in [3.8, 4) is 0 Å². The van der Waals surface area contributed by atoms with Crippen LogP contribution in [0, 0.1) is 5.92 Å². The van der Waals surface area contributed by atoms with Gasteiger partial charge in [0.15, 0.2) is 0 Å². The molecule has 94 valence electrons. The molecule has 1 aromatic carbocycles. The topological polar surface area (TPSA) is 49.5 Å². The number of benzene rings is 1. The molecule has 0 saturated heterocycles. The molecular weight excluding hydrogens is 280 g/mol. The van der Waals surface area contributed by atoms with E-state index in [1.54, 1.807) is 0 Å². The third kappa shape index (κ3) is 3.21. The molecule has 0 aromatic heterocycles. The Morgan fingerprint density at radius 2 is 2.12 bits per heavy atom. The number of nitrogens with zero attached hydrogens (tertiary/aromatic N) is 1. The standard InChI is InChI=1S/C13H19BrN2O/c1-16(8-10-4-13(17)5-10)12-3-9(7-15)2-11(14)6-12/h2-3,6,10,13,17H,4-5,7-8,15H2,1H3. The maximum Gasteiger partial charge on any atom is 0.0546 e. The lowest BCUT2D eigenvalue weighted by Gasteiger charge is -2.35. The van der Waals surface area contributed by atoms with Crippen molar-refractivity contribution in [1.82, 2.24) is 0 Å². The summed E-state index contributed by atoms with van der Waals surface area (Å²) in [5, 5.41) is 9.29. The first-order valence-electron chi connectivity index (χ1n) is 5.97. The molecule has 0 bridgehead atoms. The average Bonchev–Trinajstić information content (AvgIpc) is 2.26. The molecule has 0 amide bonds. The lowest BCUT2D eigenvalue weighted by atomic mass is 9.82. The zero-order valence-corrected chi connectivity index (χ0v) is 11.7. The van der Waals surface area contributed by atoms with Crippen molar-refractivity contribution in [2.24, 2.45) is 11.7 Å². The monoisotopic (exact) mass is 298 g/mol. The second kappa shape index (κ2) is 5.38. The van der Waals surface area contributed by atoms with E-state index in [0.29, 0.717) is 12.5 Å². The fraction of sp³-hybridized carbons (Fsp3) is 0.538. The van der Waals surface area contributed by atoms with Gasteiger partial charge < -0.3 is 15.7 Å². The minimum absolute atomic E-state index is 0.0736. The first kappa shape index (κ1) is 12.9. The van der Waals surface area contributed by atoms with E-state index in [1.807, 2.05) is 6.07 Å². The Kier molecular flexibility index (Phi) is 4.07. The summed E-state index contributed by atoms with van der Waals surface area (Å²) < 4.78 is 1.07. The van der Waals surface area contributed by atoms with Gasteiger partial charge in [-0.05, 0) is 42.5 Å². The SMILES string of the molecule is CN(CC1CC(O)C1)c1cc(Br)cc(CN)c1. The van der Waals surface area contributed by atoms with Crippen LogP contribution in [-0.4, -0.2) is 24.8 Å². The van der Waals surface area contributed by atoms with E-state index in [4.69, 9.17) is 5.73 Å². The van der Waals surface area contributed by atoms with Crippen molar-refractivity contribution in [1.29, 1.82) is 0 Å². The molecule has 0 radical (unpaired) electrons. The molecule has 1 aliphatic rings. The van der Waals surface area contributed by atoms with Crippen LogP contribution >= 0.6 is 15.9 Å². The minimum atomic E-state index is -0.0736.